The molecule has 1 heterocycles. The largest absolute Gasteiger partial charge is 0.353 e. The van der Waals surface area contributed by atoms with Crippen LogP contribution in [0.2, 0.25) is 0 Å². The SMILES string of the molecule is O=C(CC1CC1)NCC1(F)CNC1. The van der Waals surface area contributed by atoms with Crippen LogP contribution in [0.15, 0.2) is 0 Å². The quantitative estimate of drug-likeness (QED) is 0.659. The van der Waals surface area contributed by atoms with E-state index in [1.165, 1.54) is 0 Å². The van der Waals surface area contributed by atoms with E-state index in [1.807, 2.05) is 0 Å². The van der Waals surface area contributed by atoms with Crippen LogP contribution in [0.5, 0.6) is 0 Å². The average molecular weight is 186 g/mol. The molecule has 13 heavy (non-hydrogen) atoms. The fourth-order valence-electron chi connectivity index (χ4n) is 1.43. The minimum absolute atomic E-state index is 0.00595. The minimum Gasteiger partial charge on any atom is -0.353 e. The second-order valence-electron chi connectivity index (χ2n) is 4.18. The van der Waals surface area contributed by atoms with E-state index < -0.39 is 5.67 Å². The van der Waals surface area contributed by atoms with Gasteiger partial charge in [0.2, 0.25) is 5.91 Å². The first-order valence-electron chi connectivity index (χ1n) is 4.84. The minimum atomic E-state index is -1.18. The number of carbonyl (C=O) groups excluding carboxylic acids is 1. The second kappa shape index (κ2) is 3.25. The van der Waals surface area contributed by atoms with Crippen LogP contribution in [0.1, 0.15) is 19.3 Å². The Balaban J connectivity index is 1.63. The molecule has 2 N–H and O–H groups in total. The number of halogens is 1. The van der Waals surface area contributed by atoms with Gasteiger partial charge in [-0.3, -0.25) is 4.79 Å². The van der Waals surface area contributed by atoms with E-state index in [2.05, 4.69) is 10.6 Å². The lowest BCUT2D eigenvalue weighted by atomic mass is 10.00. The van der Waals surface area contributed by atoms with Gasteiger partial charge in [0.15, 0.2) is 5.67 Å². The van der Waals surface area contributed by atoms with Crippen LogP contribution >= 0.6 is 0 Å². The van der Waals surface area contributed by atoms with Crippen molar-refractivity contribution in [2.75, 3.05) is 19.6 Å². The molecular weight excluding hydrogens is 171 g/mol. The zero-order valence-corrected chi connectivity index (χ0v) is 7.61. The molecule has 1 saturated heterocycles. The van der Waals surface area contributed by atoms with E-state index in [1.54, 1.807) is 0 Å². The predicted octanol–water partition coefficient (Wildman–Crippen LogP) is 0.214. The molecule has 0 radical (unpaired) electrons. The van der Waals surface area contributed by atoms with Crippen LogP contribution in [-0.2, 0) is 4.79 Å². The molecule has 0 bridgehead atoms. The molecule has 2 rings (SSSR count). The van der Waals surface area contributed by atoms with Gasteiger partial charge in [-0.25, -0.2) is 4.39 Å². The Bertz CT molecular complexity index is 212. The van der Waals surface area contributed by atoms with Gasteiger partial charge in [-0.15, -0.1) is 0 Å². The Labute approximate surface area is 77.1 Å². The highest BCUT2D eigenvalue weighted by molar-refractivity contribution is 5.76. The highest BCUT2D eigenvalue weighted by atomic mass is 19.1. The normalized spacial score (nSPS) is 25.0. The summed E-state index contributed by atoms with van der Waals surface area (Å²) in [7, 11) is 0. The van der Waals surface area contributed by atoms with E-state index in [-0.39, 0.29) is 12.5 Å². The van der Waals surface area contributed by atoms with Gasteiger partial charge in [0.05, 0.1) is 6.54 Å². The van der Waals surface area contributed by atoms with Crippen LogP contribution in [0, 0.1) is 5.92 Å². The molecule has 2 aliphatic rings. The van der Waals surface area contributed by atoms with Crippen LogP contribution in [0.3, 0.4) is 0 Å². The van der Waals surface area contributed by atoms with Crippen LogP contribution < -0.4 is 10.6 Å². The van der Waals surface area contributed by atoms with E-state index >= 15 is 0 Å². The van der Waals surface area contributed by atoms with Crippen molar-refractivity contribution in [3.05, 3.63) is 0 Å². The molecule has 2 fully saturated rings. The average Bonchev–Trinajstić information content (AvgIpc) is 2.81. The molecular formula is C9H15FN2O. The molecule has 0 aromatic carbocycles. The highest BCUT2D eigenvalue weighted by Gasteiger charge is 2.37. The lowest BCUT2D eigenvalue weighted by Gasteiger charge is -2.34. The van der Waals surface area contributed by atoms with Crippen molar-refractivity contribution in [2.24, 2.45) is 5.92 Å². The Hall–Kier alpha value is -0.640. The summed E-state index contributed by atoms with van der Waals surface area (Å²) in [6, 6.07) is 0. The van der Waals surface area contributed by atoms with Gasteiger partial charge >= 0.3 is 0 Å². The Kier molecular flexibility index (Phi) is 2.24. The summed E-state index contributed by atoms with van der Waals surface area (Å²) < 4.78 is 13.3. The van der Waals surface area contributed by atoms with Gasteiger partial charge in [0, 0.05) is 19.5 Å². The molecule has 0 unspecified atom stereocenters. The maximum Gasteiger partial charge on any atom is 0.220 e. The molecule has 4 heteroatoms. The zero-order chi connectivity index (χ0) is 9.31. The zero-order valence-electron chi connectivity index (χ0n) is 7.61. The summed E-state index contributed by atoms with van der Waals surface area (Å²) in [5.41, 5.74) is -1.18. The topological polar surface area (TPSA) is 41.1 Å². The maximum absolute atomic E-state index is 13.3. The Morgan fingerprint density at radius 3 is 2.69 bits per heavy atom. The van der Waals surface area contributed by atoms with E-state index in [0.29, 0.717) is 25.4 Å². The van der Waals surface area contributed by atoms with Gasteiger partial charge in [0.1, 0.15) is 0 Å². The molecule has 74 valence electrons. The third-order valence-electron chi connectivity index (χ3n) is 2.66. The first-order valence-corrected chi connectivity index (χ1v) is 4.84. The monoisotopic (exact) mass is 186 g/mol. The predicted molar refractivity (Wildman–Crippen MR) is 47.1 cm³/mol. The third kappa shape index (κ3) is 2.40. The molecule has 1 saturated carbocycles. The van der Waals surface area contributed by atoms with E-state index in [0.717, 1.165) is 12.8 Å². The van der Waals surface area contributed by atoms with Gasteiger partial charge < -0.3 is 10.6 Å². The van der Waals surface area contributed by atoms with Crippen molar-refractivity contribution in [3.8, 4) is 0 Å². The summed E-state index contributed by atoms with van der Waals surface area (Å²) in [5.74, 6) is 0.585. The fourth-order valence-corrected chi connectivity index (χ4v) is 1.43. The molecule has 0 aromatic rings. The summed E-state index contributed by atoms with van der Waals surface area (Å²) in [6.07, 6.45) is 2.91. The summed E-state index contributed by atoms with van der Waals surface area (Å²) in [5, 5.41) is 5.49. The van der Waals surface area contributed by atoms with Gasteiger partial charge in [0.25, 0.3) is 0 Å². The molecule has 0 atom stereocenters. The fraction of sp³-hybridized carbons (Fsp3) is 0.889. The van der Waals surface area contributed by atoms with Crippen molar-refractivity contribution in [2.45, 2.75) is 24.9 Å². The van der Waals surface area contributed by atoms with E-state index in [4.69, 9.17) is 0 Å². The molecule has 0 aromatic heterocycles. The number of carbonyl (C=O) groups is 1. The first-order chi connectivity index (χ1) is 6.18. The third-order valence-corrected chi connectivity index (χ3v) is 2.66. The summed E-state index contributed by atoms with van der Waals surface area (Å²) >= 11 is 0. The standard InChI is InChI=1S/C9H15FN2O/c10-9(4-11-5-9)6-12-8(13)3-7-1-2-7/h7,11H,1-6H2,(H,12,13). The first kappa shape index (κ1) is 8.94. The van der Waals surface area contributed by atoms with Gasteiger partial charge in [-0.05, 0) is 18.8 Å². The molecule has 1 amide bonds. The molecule has 1 aliphatic heterocycles. The summed E-state index contributed by atoms with van der Waals surface area (Å²) in [4.78, 5) is 11.2. The van der Waals surface area contributed by atoms with Crippen molar-refractivity contribution < 1.29 is 9.18 Å². The highest BCUT2D eigenvalue weighted by Crippen LogP contribution is 2.32. The van der Waals surface area contributed by atoms with Crippen molar-refractivity contribution in [3.63, 3.8) is 0 Å². The van der Waals surface area contributed by atoms with Gasteiger partial charge in [-0.2, -0.15) is 0 Å². The lowest BCUT2D eigenvalue weighted by Crippen LogP contribution is -2.61. The number of hydrogen-bond acceptors (Lipinski definition) is 2. The van der Waals surface area contributed by atoms with Crippen LogP contribution in [-0.4, -0.2) is 31.2 Å². The van der Waals surface area contributed by atoms with Crippen LogP contribution in [0.4, 0.5) is 4.39 Å². The van der Waals surface area contributed by atoms with Crippen molar-refractivity contribution >= 4 is 5.91 Å². The lowest BCUT2D eigenvalue weighted by molar-refractivity contribution is -0.122. The van der Waals surface area contributed by atoms with Crippen molar-refractivity contribution in [1.82, 2.24) is 10.6 Å². The smallest absolute Gasteiger partial charge is 0.220 e. The Morgan fingerprint density at radius 1 is 1.54 bits per heavy atom. The summed E-state index contributed by atoms with van der Waals surface area (Å²) in [6.45, 7) is 0.916. The maximum atomic E-state index is 13.3. The Morgan fingerprint density at radius 2 is 2.23 bits per heavy atom. The number of nitrogens with one attached hydrogen (secondary N) is 2. The van der Waals surface area contributed by atoms with Crippen LogP contribution in [0.25, 0.3) is 0 Å². The van der Waals surface area contributed by atoms with E-state index in [9.17, 15) is 9.18 Å². The number of alkyl halides is 1. The van der Waals surface area contributed by atoms with Gasteiger partial charge in [-0.1, -0.05) is 0 Å². The number of hydrogen-bond donors (Lipinski definition) is 2. The number of amides is 1. The molecule has 3 nitrogen and oxygen atoms in total. The second-order valence-corrected chi connectivity index (χ2v) is 4.18. The molecule has 0 spiro atoms. The molecule has 1 aliphatic carbocycles. The number of rotatable bonds is 4. The van der Waals surface area contributed by atoms with Crippen molar-refractivity contribution in [1.29, 1.82) is 0 Å².